The minimum Gasteiger partial charge on any atom is -0.352 e. The fraction of sp³-hybridized carbons (Fsp3) is 0.318. The predicted octanol–water partition coefficient (Wildman–Crippen LogP) is 3.99. The molecular weight excluding hydrogens is 476 g/mol. The molecule has 2 aromatic carbocycles. The molecular formula is C22H25Cl3FN5O. The highest BCUT2D eigenvalue weighted by molar-refractivity contribution is 6.30. The van der Waals surface area contributed by atoms with E-state index in [1.54, 1.807) is 35.5 Å². The van der Waals surface area contributed by atoms with E-state index < -0.39 is 11.6 Å². The molecule has 2 heterocycles. The maximum atomic E-state index is 15.9. The lowest BCUT2D eigenvalue weighted by molar-refractivity contribution is -0.145. The molecule has 10 heteroatoms. The Morgan fingerprint density at radius 1 is 1.03 bits per heavy atom. The van der Waals surface area contributed by atoms with Crippen LogP contribution >= 0.6 is 36.4 Å². The zero-order chi connectivity index (χ0) is 21.1. The summed E-state index contributed by atoms with van der Waals surface area (Å²) < 4.78 is 15.9. The van der Waals surface area contributed by atoms with E-state index in [0.717, 1.165) is 16.7 Å². The van der Waals surface area contributed by atoms with Gasteiger partial charge in [0.2, 0.25) is 5.67 Å². The Morgan fingerprint density at radius 2 is 1.69 bits per heavy atom. The van der Waals surface area contributed by atoms with Gasteiger partial charge in [-0.2, -0.15) is 0 Å². The number of anilines is 1. The van der Waals surface area contributed by atoms with Crippen molar-refractivity contribution in [3.8, 4) is 0 Å². The van der Waals surface area contributed by atoms with Crippen molar-refractivity contribution >= 4 is 59.0 Å². The van der Waals surface area contributed by atoms with E-state index in [1.807, 2.05) is 24.3 Å². The summed E-state index contributed by atoms with van der Waals surface area (Å²) in [6.45, 7) is 2.00. The van der Waals surface area contributed by atoms with Gasteiger partial charge in [0.05, 0.1) is 5.52 Å². The summed E-state index contributed by atoms with van der Waals surface area (Å²) in [7, 11) is 0. The van der Waals surface area contributed by atoms with Gasteiger partial charge in [0.15, 0.2) is 0 Å². The van der Waals surface area contributed by atoms with Crippen LogP contribution in [0, 0.1) is 0 Å². The zero-order valence-electron chi connectivity index (χ0n) is 17.3. The van der Waals surface area contributed by atoms with E-state index in [4.69, 9.17) is 17.3 Å². The Balaban J connectivity index is 0.00000181. The molecule has 4 rings (SSSR count). The van der Waals surface area contributed by atoms with Crippen molar-refractivity contribution in [2.75, 3.05) is 37.6 Å². The molecule has 32 heavy (non-hydrogen) atoms. The van der Waals surface area contributed by atoms with Gasteiger partial charge < -0.3 is 15.5 Å². The van der Waals surface area contributed by atoms with Crippen molar-refractivity contribution < 1.29 is 9.18 Å². The average molecular weight is 501 g/mol. The molecule has 1 aromatic heterocycles. The number of fused-ring (bicyclic) bond motifs is 1. The van der Waals surface area contributed by atoms with Crippen LogP contribution in [-0.4, -0.2) is 53.5 Å². The SMILES string of the molecule is Cl.Cl.NCCC(F)(C(=O)N1CCN(c2ncnc3ccccc23)CC1)c1ccc(Cl)cc1. The second kappa shape index (κ2) is 11.1. The van der Waals surface area contributed by atoms with Crippen LogP contribution in [0.15, 0.2) is 54.9 Å². The third-order valence-corrected chi connectivity index (χ3v) is 5.77. The fourth-order valence-electron chi connectivity index (χ4n) is 3.90. The number of halogens is 4. The number of nitrogens with two attached hydrogens (primary N) is 1. The molecule has 0 aliphatic carbocycles. The lowest BCUT2D eigenvalue weighted by Crippen LogP contribution is -2.54. The normalized spacial score (nSPS) is 15.5. The van der Waals surface area contributed by atoms with Crippen LogP contribution in [0.4, 0.5) is 10.2 Å². The van der Waals surface area contributed by atoms with Crippen LogP contribution in [0.2, 0.25) is 5.02 Å². The molecule has 1 amide bonds. The van der Waals surface area contributed by atoms with Crippen molar-refractivity contribution in [1.29, 1.82) is 0 Å². The van der Waals surface area contributed by atoms with Gasteiger partial charge in [-0.05, 0) is 36.4 Å². The predicted molar refractivity (Wildman–Crippen MR) is 131 cm³/mol. The maximum absolute atomic E-state index is 15.9. The third-order valence-electron chi connectivity index (χ3n) is 5.52. The minimum absolute atomic E-state index is 0. The highest BCUT2D eigenvalue weighted by Gasteiger charge is 2.43. The van der Waals surface area contributed by atoms with E-state index in [9.17, 15) is 4.79 Å². The van der Waals surface area contributed by atoms with Crippen LogP contribution in [0.25, 0.3) is 10.9 Å². The lowest BCUT2D eigenvalue weighted by Gasteiger charge is -2.39. The Labute approximate surface area is 203 Å². The van der Waals surface area contributed by atoms with Gasteiger partial charge in [-0.3, -0.25) is 4.79 Å². The Bertz CT molecular complexity index is 1040. The molecule has 1 saturated heterocycles. The van der Waals surface area contributed by atoms with Gasteiger partial charge in [0.25, 0.3) is 5.91 Å². The molecule has 1 unspecified atom stereocenters. The van der Waals surface area contributed by atoms with Gasteiger partial charge in [0.1, 0.15) is 12.1 Å². The van der Waals surface area contributed by atoms with Crippen molar-refractivity contribution in [2.24, 2.45) is 5.73 Å². The second-order valence-electron chi connectivity index (χ2n) is 7.34. The van der Waals surface area contributed by atoms with Crippen LogP contribution in [0.5, 0.6) is 0 Å². The number of amides is 1. The van der Waals surface area contributed by atoms with E-state index >= 15 is 4.39 Å². The van der Waals surface area contributed by atoms with E-state index in [1.165, 1.54) is 0 Å². The molecule has 0 radical (unpaired) electrons. The van der Waals surface area contributed by atoms with Crippen LogP contribution in [0.1, 0.15) is 12.0 Å². The van der Waals surface area contributed by atoms with E-state index in [2.05, 4.69) is 14.9 Å². The number of benzene rings is 2. The first-order valence-electron chi connectivity index (χ1n) is 9.92. The van der Waals surface area contributed by atoms with Crippen molar-refractivity contribution in [3.63, 3.8) is 0 Å². The number of aromatic nitrogens is 2. The fourth-order valence-corrected chi connectivity index (χ4v) is 4.03. The largest absolute Gasteiger partial charge is 0.352 e. The number of rotatable bonds is 5. The first kappa shape index (κ1) is 26.1. The number of carbonyl (C=O) groups excluding carboxylic acids is 1. The summed E-state index contributed by atoms with van der Waals surface area (Å²) in [5, 5.41) is 1.45. The molecule has 0 bridgehead atoms. The number of hydrogen-bond donors (Lipinski definition) is 1. The molecule has 1 fully saturated rings. The number of nitrogens with zero attached hydrogens (tertiary/aromatic N) is 4. The number of hydrogen-bond acceptors (Lipinski definition) is 5. The van der Waals surface area contributed by atoms with Gasteiger partial charge in [-0.15, -0.1) is 24.8 Å². The second-order valence-corrected chi connectivity index (χ2v) is 7.78. The first-order valence-corrected chi connectivity index (χ1v) is 10.3. The highest BCUT2D eigenvalue weighted by atomic mass is 35.5. The lowest BCUT2D eigenvalue weighted by atomic mass is 9.90. The van der Waals surface area contributed by atoms with E-state index in [-0.39, 0.29) is 43.3 Å². The Morgan fingerprint density at radius 3 is 2.34 bits per heavy atom. The van der Waals surface area contributed by atoms with Crippen LogP contribution in [-0.2, 0) is 10.5 Å². The standard InChI is InChI=1S/C22H23ClFN5O.2ClH/c23-17-7-5-16(6-8-17)22(24,9-10-25)21(30)29-13-11-28(12-14-29)20-18-3-1-2-4-19(18)26-15-27-20;;/h1-8,15H,9-14,25H2;2*1H. The summed E-state index contributed by atoms with van der Waals surface area (Å²) in [5.74, 6) is 0.279. The summed E-state index contributed by atoms with van der Waals surface area (Å²) >= 11 is 5.92. The topological polar surface area (TPSA) is 75.4 Å². The Hall–Kier alpha value is -2.19. The molecule has 172 valence electrons. The highest BCUT2D eigenvalue weighted by Crippen LogP contribution is 2.33. The average Bonchev–Trinajstić information content (AvgIpc) is 2.79. The Kier molecular flexibility index (Phi) is 9.04. The van der Waals surface area contributed by atoms with Gasteiger partial charge in [-0.1, -0.05) is 35.9 Å². The van der Waals surface area contributed by atoms with E-state index in [0.29, 0.717) is 31.2 Å². The molecule has 6 nitrogen and oxygen atoms in total. The maximum Gasteiger partial charge on any atom is 0.265 e. The smallest absolute Gasteiger partial charge is 0.265 e. The zero-order valence-corrected chi connectivity index (χ0v) is 19.7. The first-order chi connectivity index (χ1) is 14.5. The minimum atomic E-state index is -2.16. The van der Waals surface area contributed by atoms with Crippen molar-refractivity contribution in [1.82, 2.24) is 14.9 Å². The van der Waals surface area contributed by atoms with Gasteiger partial charge in [0, 0.05) is 43.0 Å². The molecule has 0 saturated carbocycles. The van der Waals surface area contributed by atoms with Crippen LogP contribution < -0.4 is 10.6 Å². The summed E-state index contributed by atoms with van der Waals surface area (Å²) in [6, 6.07) is 14.1. The van der Waals surface area contributed by atoms with Gasteiger partial charge >= 0.3 is 0 Å². The molecule has 2 N–H and O–H groups in total. The number of piperazine rings is 1. The summed E-state index contributed by atoms with van der Waals surface area (Å²) in [6.07, 6.45) is 1.47. The molecule has 1 atom stereocenters. The molecule has 0 spiro atoms. The third kappa shape index (κ3) is 5.07. The summed E-state index contributed by atoms with van der Waals surface area (Å²) in [4.78, 5) is 25.6. The number of alkyl halides is 1. The van der Waals surface area contributed by atoms with Crippen molar-refractivity contribution in [2.45, 2.75) is 12.1 Å². The van der Waals surface area contributed by atoms with Crippen LogP contribution in [0.3, 0.4) is 0 Å². The van der Waals surface area contributed by atoms with Gasteiger partial charge in [-0.25, -0.2) is 14.4 Å². The quantitative estimate of drug-likeness (QED) is 0.573. The molecule has 1 aliphatic heterocycles. The molecule has 1 aliphatic rings. The number of carbonyl (C=O) groups is 1. The summed E-state index contributed by atoms with van der Waals surface area (Å²) in [5.41, 5.74) is 4.63. The monoisotopic (exact) mass is 499 g/mol. The number of para-hydroxylation sites is 1. The molecule has 3 aromatic rings. The van der Waals surface area contributed by atoms with Crippen molar-refractivity contribution in [3.05, 3.63) is 65.4 Å².